The number of terminal acetylenes is 1. The van der Waals surface area contributed by atoms with Crippen LogP contribution in [0, 0.1) is 19.3 Å². The van der Waals surface area contributed by atoms with Crippen LogP contribution in [0.15, 0.2) is 35.3 Å². The van der Waals surface area contributed by atoms with E-state index in [0.29, 0.717) is 21.5 Å². The Balaban J connectivity index is 2.34. The average molecular weight is 348 g/mol. The molecule has 0 radical (unpaired) electrons. The summed E-state index contributed by atoms with van der Waals surface area (Å²) in [5, 5.41) is 1.08. The Morgan fingerprint density at radius 3 is 2.74 bits per heavy atom. The Kier molecular flexibility index (Phi) is 5.92. The molecule has 0 aliphatic rings. The summed E-state index contributed by atoms with van der Waals surface area (Å²) in [4.78, 5) is 4.45. The van der Waals surface area contributed by atoms with Gasteiger partial charge in [0.2, 0.25) is 0 Å². The Bertz CT molecular complexity index is 779. The lowest BCUT2D eigenvalue weighted by Gasteiger charge is -2.11. The van der Waals surface area contributed by atoms with E-state index in [0.717, 1.165) is 16.8 Å². The third-order valence-electron chi connectivity index (χ3n) is 3.14. The first-order valence-corrected chi connectivity index (χ1v) is 7.55. The van der Waals surface area contributed by atoms with Crippen molar-refractivity contribution in [2.24, 2.45) is 4.99 Å². The summed E-state index contributed by atoms with van der Waals surface area (Å²) < 4.78 is 10.7. The smallest absolute Gasteiger partial charge is 0.181 e. The number of aliphatic imine (C=N–C) groups is 1. The minimum absolute atomic E-state index is 0.116. The van der Waals surface area contributed by atoms with Gasteiger partial charge in [0.05, 0.1) is 17.8 Å². The molecule has 0 aromatic heterocycles. The summed E-state index contributed by atoms with van der Waals surface area (Å²) >= 11 is 12.3. The fourth-order valence-corrected chi connectivity index (χ4v) is 2.39. The molecule has 2 aromatic rings. The number of hydrogen-bond acceptors (Lipinski definition) is 3. The molecule has 0 spiro atoms. The van der Waals surface area contributed by atoms with Crippen molar-refractivity contribution in [1.29, 1.82) is 0 Å². The van der Waals surface area contributed by atoms with Crippen molar-refractivity contribution in [2.45, 2.75) is 6.92 Å². The van der Waals surface area contributed by atoms with Crippen molar-refractivity contribution in [1.82, 2.24) is 0 Å². The zero-order valence-electron chi connectivity index (χ0n) is 12.8. The van der Waals surface area contributed by atoms with Crippen molar-refractivity contribution in [3.05, 3.63) is 51.5 Å². The van der Waals surface area contributed by atoms with Crippen LogP contribution in [0.25, 0.3) is 0 Å². The second kappa shape index (κ2) is 7.92. The predicted octanol–water partition coefficient (Wildman–Crippen LogP) is 5.07. The molecule has 0 saturated heterocycles. The highest BCUT2D eigenvalue weighted by Gasteiger charge is 2.11. The normalized spacial score (nSPS) is 10.6. The maximum atomic E-state index is 6.23. The van der Waals surface area contributed by atoms with E-state index in [1.54, 1.807) is 18.3 Å². The van der Waals surface area contributed by atoms with Crippen LogP contribution >= 0.6 is 23.2 Å². The summed E-state index contributed by atoms with van der Waals surface area (Å²) in [6, 6.07) is 9.08. The summed E-state index contributed by atoms with van der Waals surface area (Å²) in [6.07, 6.45) is 6.89. The van der Waals surface area contributed by atoms with E-state index in [-0.39, 0.29) is 6.61 Å². The monoisotopic (exact) mass is 347 g/mol. The third kappa shape index (κ3) is 4.19. The molecule has 2 aromatic carbocycles. The fourth-order valence-electron chi connectivity index (χ4n) is 1.95. The first kappa shape index (κ1) is 17.2. The second-order valence-electron chi connectivity index (χ2n) is 4.67. The standard InChI is InChI=1S/C18H15Cl2NO2/c1-4-8-23-18-15(20)9-13(10-17(18)22-3)11-21-16-7-5-6-14(19)12(16)2/h1,5-7,9-11H,8H2,2-3H3. The van der Waals surface area contributed by atoms with Crippen molar-refractivity contribution in [3.8, 4) is 23.8 Å². The van der Waals surface area contributed by atoms with Crippen molar-refractivity contribution < 1.29 is 9.47 Å². The zero-order chi connectivity index (χ0) is 16.8. The first-order chi connectivity index (χ1) is 11.1. The Morgan fingerprint density at radius 1 is 1.26 bits per heavy atom. The molecular formula is C18H15Cl2NO2. The Hall–Kier alpha value is -2.15. The van der Waals surface area contributed by atoms with Crippen LogP contribution in [0.5, 0.6) is 11.5 Å². The van der Waals surface area contributed by atoms with Gasteiger partial charge in [-0.15, -0.1) is 6.42 Å². The molecule has 0 aliphatic carbocycles. The van der Waals surface area contributed by atoms with Gasteiger partial charge in [0.25, 0.3) is 0 Å². The summed E-state index contributed by atoms with van der Waals surface area (Å²) in [5.41, 5.74) is 2.48. The highest BCUT2D eigenvalue weighted by molar-refractivity contribution is 6.32. The molecule has 118 valence electrons. The molecule has 23 heavy (non-hydrogen) atoms. The van der Waals surface area contributed by atoms with Crippen LogP contribution in [0.2, 0.25) is 10.0 Å². The van der Waals surface area contributed by atoms with Gasteiger partial charge in [-0.1, -0.05) is 35.2 Å². The summed E-state index contributed by atoms with van der Waals surface area (Å²) in [5.74, 6) is 3.31. The number of ether oxygens (including phenoxy) is 2. The predicted molar refractivity (Wildman–Crippen MR) is 95.8 cm³/mol. The van der Waals surface area contributed by atoms with E-state index in [2.05, 4.69) is 10.9 Å². The van der Waals surface area contributed by atoms with Gasteiger partial charge in [0.15, 0.2) is 11.5 Å². The Labute approximate surface area is 145 Å². The van der Waals surface area contributed by atoms with Crippen LogP contribution in [-0.2, 0) is 0 Å². The molecule has 5 heteroatoms. The van der Waals surface area contributed by atoms with Gasteiger partial charge in [-0.25, -0.2) is 0 Å². The van der Waals surface area contributed by atoms with Crippen molar-refractivity contribution in [2.75, 3.05) is 13.7 Å². The van der Waals surface area contributed by atoms with E-state index < -0.39 is 0 Å². The van der Waals surface area contributed by atoms with Crippen LogP contribution in [0.1, 0.15) is 11.1 Å². The SMILES string of the molecule is C#CCOc1c(Cl)cc(C=Nc2cccc(Cl)c2C)cc1OC. The molecule has 0 heterocycles. The Morgan fingerprint density at radius 2 is 2.04 bits per heavy atom. The minimum atomic E-state index is 0.116. The number of methoxy groups -OCH3 is 1. The van der Waals surface area contributed by atoms with Gasteiger partial charge < -0.3 is 9.47 Å². The third-order valence-corrected chi connectivity index (χ3v) is 3.83. The van der Waals surface area contributed by atoms with Crippen LogP contribution < -0.4 is 9.47 Å². The maximum Gasteiger partial charge on any atom is 0.181 e. The molecule has 3 nitrogen and oxygen atoms in total. The zero-order valence-corrected chi connectivity index (χ0v) is 14.3. The highest BCUT2D eigenvalue weighted by atomic mass is 35.5. The topological polar surface area (TPSA) is 30.8 Å². The lowest BCUT2D eigenvalue weighted by atomic mass is 10.2. The van der Waals surface area contributed by atoms with Gasteiger partial charge in [0.1, 0.15) is 6.61 Å². The van der Waals surface area contributed by atoms with Crippen LogP contribution in [0.4, 0.5) is 5.69 Å². The van der Waals surface area contributed by atoms with Crippen molar-refractivity contribution in [3.63, 3.8) is 0 Å². The van der Waals surface area contributed by atoms with E-state index in [1.807, 2.05) is 25.1 Å². The fraction of sp³-hybridized carbons (Fsp3) is 0.167. The number of benzene rings is 2. The van der Waals surface area contributed by atoms with Crippen LogP contribution in [-0.4, -0.2) is 19.9 Å². The summed E-state index contributed by atoms with van der Waals surface area (Å²) in [6.45, 7) is 2.03. The highest BCUT2D eigenvalue weighted by Crippen LogP contribution is 2.36. The quantitative estimate of drug-likeness (QED) is 0.558. The lowest BCUT2D eigenvalue weighted by molar-refractivity contribution is 0.331. The largest absolute Gasteiger partial charge is 0.493 e. The van der Waals surface area contributed by atoms with E-state index in [1.165, 1.54) is 7.11 Å². The van der Waals surface area contributed by atoms with Crippen LogP contribution in [0.3, 0.4) is 0 Å². The molecule has 0 N–H and O–H groups in total. The first-order valence-electron chi connectivity index (χ1n) is 6.79. The van der Waals surface area contributed by atoms with Crippen molar-refractivity contribution >= 4 is 35.1 Å². The molecule has 0 unspecified atom stereocenters. The molecule has 0 aliphatic heterocycles. The molecule has 0 fully saturated rings. The molecule has 0 bridgehead atoms. The molecule has 0 amide bonds. The van der Waals surface area contributed by atoms with E-state index >= 15 is 0 Å². The van der Waals surface area contributed by atoms with Gasteiger partial charge >= 0.3 is 0 Å². The van der Waals surface area contributed by atoms with E-state index in [9.17, 15) is 0 Å². The van der Waals surface area contributed by atoms with Gasteiger partial charge in [-0.3, -0.25) is 4.99 Å². The minimum Gasteiger partial charge on any atom is -0.493 e. The molecule has 2 rings (SSSR count). The van der Waals surface area contributed by atoms with Gasteiger partial charge in [-0.05, 0) is 42.3 Å². The average Bonchev–Trinajstić information content (AvgIpc) is 2.54. The second-order valence-corrected chi connectivity index (χ2v) is 5.48. The number of hydrogen-bond donors (Lipinski definition) is 0. The molecular weight excluding hydrogens is 333 g/mol. The maximum absolute atomic E-state index is 6.23. The van der Waals surface area contributed by atoms with E-state index in [4.69, 9.17) is 39.1 Å². The number of halogens is 2. The lowest BCUT2D eigenvalue weighted by Crippen LogP contribution is -1.98. The molecule has 0 atom stereocenters. The summed E-state index contributed by atoms with van der Waals surface area (Å²) in [7, 11) is 1.54. The van der Waals surface area contributed by atoms with Gasteiger partial charge in [0, 0.05) is 11.2 Å². The number of rotatable bonds is 5. The van der Waals surface area contributed by atoms with Gasteiger partial charge in [-0.2, -0.15) is 0 Å². The molecule has 0 saturated carbocycles. The number of nitrogens with zero attached hydrogens (tertiary/aromatic N) is 1.